The van der Waals surface area contributed by atoms with Gasteiger partial charge >= 0.3 is 0 Å². The zero-order valence-corrected chi connectivity index (χ0v) is 11.9. The SMILES string of the molecule is CC(C)(CO)CNS(=O)(=O)c1ccc(CC#N)cc1. The Morgan fingerprint density at radius 1 is 1.32 bits per heavy atom. The molecular formula is C13H18N2O3S. The summed E-state index contributed by atoms with van der Waals surface area (Å²) in [7, 11) is -3.58. The Labute approximate surface area is 113 Å². The maximum Gasteiger partial charge on any atom is 0.240 e. The second-order valence-electron chi connectivity index (χ2n) is 5.13. The van der Waals surface area contributed by atoms with E-state index in [9.17, 15) is 8.42 Å². The highest BCUT2D eigenvalue weighted by Gasteiger charge is 2.21. The highest BCUT2D eigenvalue weighted by molar-refractivity contribution is 7.89. The molecule has 0 radical (unpaired) electrons. The van der Waals surface area contributed by atoms with E-state index in [4.69, 9.17) is 10.4 Å². The van der Waals surface area contributed by atoms with Gasteiger partial charge in [0.2, 0.25) is 10.0 Å². The maximum absolute atomic E-state index is 12.0. The van der Waals surface area contributed by atoms with Crippen LogP contribution >= 0.6 is 0 Å². The van der Waals surface area contributed by atoms with Gasteiger partial charge in [0.25, 0.3) is 0 Å². The van der Waals surface area contributed by atoms with Crippen molar-refractivity contribution in [3.05, 3.63) is 29.8 Å². The lowest BCUT2D eigenvalue weighted by molar-refractivity contribution is 0.163. The molecule has 2 N–H and O–H groups in total. The fourth-order valence-electron chi connectivity index (χ4n) is 1.31. The topological polar surface area (TPSA) is 90.2 Å². The van der Waals surface area contributed by atoms with Crippen LogP contribution in [-0.2, 0) is 16.4 Å². The Morgan fingerprint density at radius 3 is 2.37 bits per heavy atom. The first kappa shape index (κ1) is 15.6. The Balaban J connectivity index is 2.81. The van der Waals surface area contributed by atoms with Gasteiger partial charge in [-0.15, -0.1) is 0 Å². The van der Waals surface area contributed by atoms with E-state index in [1.165, 1.54) is 12.1 Å². The quantitative estimate of drug-likeness (QED) is 0.816. The largest absolute Gasteiger partial charge is 0.396 e. The van der Waals surface area contributed by atoms with Crippen molar-refractivity contribution in [2.45, 2.75) is 25.2 Å². The Kier molecular flexibility index (Phi) is 5.06. The molecule has 0 bridgehead atoms. The molecule has 1 aromatic carbocycles. The molecule has 0 fully saturated rings. The number of nitrogens with zero attached hydrogens (tertiary/aromatic N) is 1. The summed E-state index contributed by atoms with van der Waals surface area (Å²) in [6.45, 7) is 3.60. The predicted molar refractivity (Wildman–Crippen MR) is 71.8 cm³/mol. The zero-order chi connectivity index (χ0) is 14.5. The van der Waals surface area contributed by atoms with E-state index >= 15 is 0 Å². The monoisotopic (exact) mass is 282 g/mol. The third-order valence-electron chi connectivity index (χ3n) is 2.69. The zero-order valence-electron chi connectivity index (χ0n) is 11.0. The maximum atomic E-state index is 12.0. The lowest BCUT2D eigenvalue weighted by atomic mass is 9.96. The summed E-state index contributed by atoms with van der Waals surface area (Å²) in [6.07, 6.45) is 0.255. The number of sulfonamides is 1. The lowest BCUT2D eigenvalue weighted by Crippen LogP contribution is -2.36. The number of nitriles is 1. The standard InChI is InChI=1S/C13H18N2O3S/c1-13(2,10-16)9-15-19(17,18)12-5-3-11(4-6-12)7-8-14/h3-6,15-16H,7,9-10H2,1-2H3. The molecule has 0 aliphatic heterocycles. The molecule has 0 aliphatic rings. The van der Waals surface area contributed by atoms with Crippen molar-refractivity contribution in [1.82, 2.24) is 4.72 Å². The third-order valence-corrected chi connectivity index (χ3v) is 4.10. The van der Waals surface area contributed by atoms with Crippen LogP contribution in [0.15, 0.2) is 29.2 Å². The first-order valence-electron chi connectivity index (χ1n) is 5.87. The van der Waals surface area contributed by atoms with Crippen LogP contribution in [0.2, 0.25) is 0 Å². The van der Waals surface area contributed by atoms with Crippen molar-refractivity contribution in [3.8, 4) is 6.07 Å². The fraction of sp³-hybridized carbons (Fsp3) is 0.462. The molecule has 1 rings (SSSR count). The molecule has 0 atom stereocenters. The van der Waals surface area contributed by atoms with Crippen molar-refractivity contribution in [3.63, 3.8) is 0 Å². The van der Waals surface area contributed by atoms with Gasteiger partial charge in [0, 0.05) is 18.6 Å². The molecule has 6 heteroatoms. The molecule has 1 aromatic rings. The molecule has 0 aromatic heterocycles. The van der Waals surface area contributed by atoms with E-state index < -0.39 is 15.4 Å². The summed E-state index contributed by atoms with van der Waals surface area (Å²) < 4.78 is 26.5. The second-order valence-corrected chi connectivity index (χ2v) is 6.89. The van der Waals surface area contributed by atoms with E-state index in [1.54, 1.807) is 26.0 Å². The number of aliphatic hydroxyl groups is 1. The first-order chi connectivity index (χ1) is 8.80. The molecule has 0 heterocycles. The Bertz CT molecular complexity index is 557. The summed E-state index contributed by atoms with van der Waals surface area (Å²) in [5.41, 5.74) is 0.269. The van der Waals surface area contributed by atoms with Gasteiger partial charge in [-0.05, 0) is 17.7 Å². The van der Waals surface area contributed by atoms with Crippen molar-refractivity contribution in [2.24, 2.45) is 5.41 Å². The van der Waals surface area contributed by atoms with Crippen LogP contribution in [0.4, 0.5) is 0 Å². The molecule has 5 nitrogen and oxygen atoms in total. The molecule has 0 unspecified atom stereocenters. The molecular weight excluding hydrogens is 264 g/mol. The number of nitrogens with one attached hydrogen (secondary N) is 1. The molecule has 0 saturated heterocycles. The van der Waals surface area contributed by atoms with Gasteiger partial charge in [0.15, 0.2) is 0 Å². The van der Waals surface area contributed by atoms with Crippen molar-refractivity contribution in [1.29, 1.82) is 5.26 Å². The van der Waals surface area contributed by atoms with Crippen LogP contribution in [0.5, 0.6) is 0 Å². The number of aliphatic hydroxyl groups excluding tert-OH is 1. The minimum atomic E-state index is -3.58. The van der Waals surface area contributed by atoms with Crippen molar-refractivity contribution < 1.29 is 13.5 Å². The average Bonchev–Trinajstić information content (AvgIpc) is 2.38. The summed E-state index contributed by atoms with van der Waals surface area (Å²) >= 11 is 0. The molecule has 0 aliphatic carbocycles. The minimum absolute atomic E-state index is 0.101. The van der Waals surface area contributed by atoms with Crippen LogP contribution in [-0.4, -0.2) is 26.7 Å². The van der Waals surface area contributed by atoms with Gasteiger partial charge in [0.05, 0.1) is 17.4 Å². The van der Waals surface area contributed by atoms with E-state index in [-0.39, 0.29) is 24.5 Å². The highest BCUT2D eigenvalue weighted by atomic mass is 32.2. The molecule has 0 saturated carbocycles. The normalized spacial score (nSPS) is 12.1. The molecule has 104 valence electrons. The summed E-state index contributed by atoms with van der Waals surface area (Å²) in [6, 6.07) is 8.19. The predicted octanol–water partition coefficient (Wildman–Crippen LogP) is 1.05. The van der Waals surface area contributed by atoms with Crippen LogP contribution in [0, 0.1) is 16.7 Å². The summed E-state index contributed by atoms with van der Waals surface area (Å²) in [5, 5.41) is 17.6. The molecule has 19 heavy (non-hydrogen) atoms. The van der Waals surface area contributed by atoms with E-state index in [0.717, 1.165) is 5.56 Å². The second kappa shape index (κ2) is 6.15. The number of rotatable bonds is 6. The fourth-order valence-corrected chi connectivity index (χ4v) is 2.55. The van der Waals surface area contributed by atoms with Crippen LogP contribution in [0.3, 0.4) is 0 Å². The van der Waals surface area contributed by atoms with Crippen LogP contribution in [0.1, 0.15) is 19.4 Å². The minimum Gasteiger partial charge on any atom is -0.396 e. The number of benzene rings is 1. The van der Waals surface area contributed by atoms with Gasteiger partial charge in [-0.2, -0.15) is 5.26 Å². The van der Waals surface area contributed by atoms with Gasteiger partial charge < -0.3 is 5.11 Å². The lowest BCUT2D eigenvalue weighted by Gasteiger charge is -2.21. The summed E-state index contributed by atoms with van der Waals surface area (Å²) in [5.74, 6) is 0. The molecule has 0 spiro atoms. The Morgan fingerprint density at radius 2 is 1.89 bits per heavy atom. The van der Waals surface area contributed by atoms with E-state index in [1.807, 2.05) is 6.07 Å². The van der Waals surface area contributed by atoms with Crippen molar-refractivity contribution in [2.75, 3.05) is 13.2 Å². The van der Waals surface area contributed by atoms with E-state index in [2.05, 4.69) is 4.72 Å². The number of hydrogen-bond acceptors (Lipinski definition) is 4. The van der Waals surface area contributed by atoms with Gasteiger partial charge in [-0.3, -0.25) is 0 Å². The highest BCUT2D eigenvalue weighted by Crippen LogP contribution is 2.15. The van der Waals surface area contributed by atoms with Crippen LogP contribution in [0.25, 0.3) is 0 Å². The van der Waals surface area contributed by atoms with Gasteiger partial charge in [0.1, 0.15) is 0 Å². The van der Waals surface area contributed by atoms with E-state index in [0.29, 0.717) is 0 Å². The van der Waals surface area contributed by atoms with Crippen molar-refractivity contribution >= 4 is 10.0 Å². The van der Waals surface area contributed by atoms with Crippen LogP contribution < -0.4 is 4.72 Å². The van der Waals surface area contributed by atoms with Gasteiger partial charge in [-0.1, -0.05) is 26.0 Å². The summed E-state index contributed by atoms with van der Waals surface area (Å²) in [4.78, 5) is 0.155. The van der Waals surface area contributed by atoms with Gasteiger partial charge in [-0.25, -0.2) is 13.1 Å². The Hall–Kier alpha value is -1.42. The number of hydrogen-bond donors (Lipinski definition) is 2. The first-order valence-corrected chi connectivity index (χ1v) is 7.35. The smallest absolute Gasteiger partial charge is 0.240 e. The third kappa shape index (κ3) is 4.63. The average molecular weight is 282 g/mol. The molecule has 0 amide bonds.